The summed E-state index contributed by atoms with van der Waals surface area (Å²) in [6.07, 6.45) is 3.26. The molecule has 1 fully saturated rings. The van der Waals surface area contributed by atoms with E-state index in [0.717, 1.165) is 30.2 Å². The van der Waals surface area contributed by atoms with Gasteiger partial charge < -0.3 is 10.1 Å². The molecule has 1 aliphatic rings. The van der Waals surface area contributed by atoms with Gasteiger partial charge >= 0.3 is 0 Å². The lowest BCUT2D eigenvalue weighted by atomic mass is 9.89. The predicted molar refractivity (Wildman–Crippen MR) is 78.5 cm³/mol. The average molecular weight is 288 g/mol. The quantitative estimate of drug-likeness (QED) is 0.886. The highest BCUT2D eigenvalue weighted by atomic mass is 35.5. The highest BCUT2D eigenvalue weighted by molar-refractivity contribution is 7.16. The van der Waals surface area contributed by atoms with Crippen LogP contribution in [-0.2, 0) is 4.74 Å². The Bertz CT molecular complexity index is 395. The van der Waals surface area contributed by atoms with Gasteiger partial charge in [0.15, 0.2) is 0 Å². The Kier molecular flexibility index (Phi) is 4.70. The van der Waals surface area contributed by atoms with E-state index in [1.807, 2.05) is 6.07 Å². The van der Waals surface area contributed by atoms with Gasteiger partial charge in [-0.2, -0.15) is 0 Å². The second kappa shape index (κ2) is 5.91. The lowest BCUT2D eigenvalue weighted by Crippen LogP contribution is -2.45. The fourth-order valence-corrected chi connectivity index (χ4v) is 3.59. The molecule has 2 rings (SSSR count). The van der Waals surface area contributed by atoms with Crippen LogP contribution in [0.4, 0.5) is 0 Å². The maximum Gasteiger partial charge on any atom is 0.0931 e. The Hall–Kier alpha value is -0.0900. The molecule has 1 N–H and O–H groups in total. The van der Waals surface area contributed by atoms with Crippen molar-refractivity contribution < 1.29 is 4.74 Å². The number of rotatable bonds is 4. The molecule has 4 heteroatoms. The molecule has 1 aromatic heterocycles. The van der Waals surface area contributed by atoms with Gasteiger partial charge in [-0.1, -0.05) is 18.5 Å². The first kappa shape index (κ1) is 14.3. The van der Waals surface area contributed by atoms with E-state index in [9.17, 15) is 0 Å². The maximum atomic E-state index is 5.99. The Morgan fingerprint density at radius 1 is 1.61 bits per heavy atom. The molecule has 102 valence electrons. The van der Waals surface area contributed by atoms with E-state index >= 15 is 0 Å². The van der Waals surface area contributed by atoms with Crippen molar-refractivity contribution in [3.05, 3.63) is 21.3 Å². The van der Waals surface area contributed by atoms with Crippen LogP contribution < -0.4 is 5.32 Å². The van der Waals surface area contributed by atoms with Crippen LogP contribution in [0, 0.1) is 0 Å². The van der Waals surface area contributed by atoms with Crippen molar-refractivity contribution in [3.8, 4) is 0 Å². The summed E-state index contributed by atoms with van der Waals surface area (Å²) in [7, 11) is 0. The summed E-state index contributed by atoms with van der Waals surface area (Å²) in [5, 5.41) is 3.71. The predicted octanol–water partition coefficient (Wildman–Crippen LogP) is 4.40. The molecule has 18 heavy (non-hydrogen) atoms. The molecular formula is C14H22ClNOS. The third-order valence-corrected chi connectivity index (χ3v) is 5.26. The summed E-state index contributed by atoms with van der Waals surface area (Å²) in [5.41, 5.74) is 0.0444. The monoisotopic (exact) mass is 287 g/mol. The Morgan fingerprint density at radius 3 is 3.00 bits per heavy atom. The number of halogens is 1. The van der Waals surface area contributed by atoms with Gasteiger partial charge in [-0.3, -0.25) is 0 Å². The van der Waals surface area contributed by atoms with Gasteiger partial charge in [-0.05, 0) is 45.2 Å². The molecule has 0 radical (unpaired) electrons. The standard InChI is InChI=1S/C14H22ClNOS/c1-4-14(3)9-11(7-8-17-14)16-10(2)12-5-6-13(15)18-12/h5-6,10-11,16H,4,7-9H2,1-3H3. The normalized spacial score (nSPS) is 30.3. The van der Waals surface area contributed by atoms with Crippen LogP contribution in [0.2, 0.25) is 4.34 Å². The summed E-state index contributed by atoms with van der Waals surface area (Å²) < 4.78 is 6.74. The summed E-state index contributed by atoms with van der Waals surface area (Å²) in [5.74, 6) is 0. The van der Waals surface area contributed by atoms with Gasteiger partial charge in [0.05, 0.1) is 9.94 Å². The van der Waals surface area contributed by atoms with Crippen molar-refractivity contribution in [2.24, 2.45) is 0 Å². The summed E-state index contributed by atoms with van der Waals surface area (Å²) in [4.78, 5) is 1.31. The lowest BCUT2D eigenvalue weighted by molar-refractivity contribution is -0.0789. The minimum absolute atomic E-state index is 0.0444. The van der Waals surface area contributed by atoms with Crippen LogP contribution in [0.5, 0.6) is 0 Å². The van der Waals surface area contributed by atoms with Gasteiger partial charge in [-0.25, -0.2) is 0 Å². The van der Waals surface area contributed by atoms with E-state index < -0.39 is 0 Å². The summed E-state index contributed by atoms with van der Waals surface area (Å²) in [6.45, 7) is 7.49. The van der Waals surface area contributed by atoms with Crippen molar-refractivity contribution in [1.29, 1.82) is 0 Å². The van der Waals surface area contributed by atoms with Crippen LogP contribution in [0.1, 0.15) is 51.0 Å². The topological polar surface area (TPSA) is 21.3 Å². The summed E-state index contributed by atoms with van der Waals surface area (Å²) in [6, 6.07) is 4.99. The molecule has 1 aliphatic heterocycles. The van der Waals surface area contributed by atoms with Gasteiger partial charge in [0.1, 0.15) is 0 Å². The Morgan fingerprint density at radius 2 is 2.39 bits per heavy atom. The largest absolute Gasteiger partial charge is 0.375 e. The molecule has 1 saturated heterocycles. The van der Waals surface area contributed by atoms with Crippen LogP contribution in [0.3, 0.4) is 0 Å². The van der Waals surface area contributed by atoms with Crippen molar-refractivity contribution in [1.82, 2.24) is 5.32 Å². The van der Waals surface area contributed by atoms with Crippen molar-refractivity contribution in [3.63, 3.8) is 0 Å². The first-order valence-corrected chi connectivity index (χ1v) is 7.87. The third kappa shape index (κ3) is 3.47. The van der Waals surface area contributed by atoms with Gasteiger partial charge in [-0.15, -0.1) is 11.3 Å². The van der Waals surface area contributed by atoms with Gasteiger partial charge in [0.25, 0.3) is 0 Å². The van der Waals surface area contributed by atoms with Crippen molar-refractivity contribution >= 4 is 22.9 Å². The minimum Gasteiger partial charge on any atom is -0.375 e. The van der Waals surface area contributed by atoms with E-state index in [-0.39, 0.29) is 5.60 Å². The molecule has 0 bridgehead atoms. The smallest absolute Gasteiger partial charge is 0.0931 e. The van der Waals surface area contributed by atoms with Crippen LogP contribution in [0.15, 0.2) is 12.1 Å². The molecule has 3 unspecified atom stereocenters. The van der Waals surface area contributed by atoms with Crippen molar-refractivity contribution in [2.45, 2.75) is 57.7 Å². The fourth-order valence-electron chi connectivity index (χ4n) is 2.52. The SMILES string of the molecule is CCC1(C)CC(NC(C)c2ccc(Cl)s2)CCO1. The highest BCUT2D eigenvalue weighted by Crippen LogP contribution is 2.31. The first-order chi connectivity index (χ1) is 8.52. The lowest BCUT2D eigenvalue weighted by Gasteiger charge is -2.39. The van der Waals surface area contributed by atoms with Gasteiger partial charge in [0.2, 0.25) is 0 Å². The molecule has 0 aliphatic carbocycles. The van der Waals surface area contributed by atoms with Gasteiger partial charge in [0, 0.05) is 23.6 Å². The zero-order valence-corrected chi connectivity index (χ0v) is 12.9. The van der Waals surface area contributed by atoms with E-state index in [0.29, 0.717) is 12.1 Å². The zero-order valence-electron chi connectivity index (χ0n) is 11.3. The van der Waals surface area contributed by atoms with Crippen LogP contribution >= 0.6 is 22.9 Å². The molecule has 3 atom stereocenters. The molecule has 2 heterocycles. The second-order valence-corrected chi connectivity index (χ2v) is 7.12. The van der Waals surface area contributed by atoms with E-state index in [1.54, 1.807) is 11.3 Å². The average Bonchev–Trinajstić information content (AvgIpc) is 2.76. The number of nitrogens with one attached hydrogen (secondary N) is 1. The van der Waals surface area contributed by atoms with Crippen molar-refractivity contribution in [2.75, 3.05) is 6.61 Å². The molecule has 2 nitrogen and oxygen atoms in total. The fraction of sp³-hybridized carbons (Fsp3) is 0.714. The molecule has 0 spiro atoms. The number of thiophene rings is 1. The van der Waals surface area contributed by atoms with Crippen LogP contribution in [-0.4, -0.2) is 18.2 Å². The van der Waals surface area contributed by atoms with Crippen LogP contribution in [0.25, 0.3) is 0 Å². The Balaban J connectivity index is 1.93. The summed E-state index contributed by atoms with van der Waals surface area (Å²) >= 11 is 7.65. The first-order valence-electron chi connectivity index (χ1n) is 6.67. The molecule has 1 aromatic rings. The van der Waals surface area contributed by atoms with E-state index in [2.05, 4.69) is 32.2 Å². The van der Waals surface area contributed by atoms with E-state index in [4.69, 9.17) is 16.3 Å². The third-order valence-electron chi connectivity index (χ3n) is 3.85. The number of hydrogen-bond acceptors (Lipinski definition) is 3. The maximum absolute atomic E-state index is 5.99. The Labute approximate surface area is 119 Å². The molecule has 0 saturated carbocycles. The second-order valence-electron chi connectivity index (χ2n) is 5.37. The highest BCUT2D eigenvalue weighted by Gasteiger charge is 2.32. The van der Waals surface area contributed by atoms with E-state index in [1.165, 1.54) is 4.88 Å². The minimum atomic E-state index is 0.0444. The zero-order chi connectivity index (χ0) is 13.2. The number of hydrogen-bond donors (Lipinski definition) is 1. The molecule has 0 aromatic carbocycles. The molecular weight excluding hydrogens is 266 g/mol. The number of ether oxygens (including phenoxy) is 1. The molecule has 0 amide bonds.